The lowest BCUT2D eigenvalue weighted by Crippen LogP contribution is -2.50. The van der Waals surface area contributed by atoms with Crippen molar-refractivity contribution in [2.75, 3.05) is 32.8 Å². The lowest BCUT2D eigenvalue weighted by atomic mass is 10.1. The summed E-state index contributed by atoms with van der Waals surface area (Å²) in [5.74, 6) is 0.256. The second kappa shape index (κ2) is 7.88. The Balaban J connectivity index is 1.55. The van der Waals surface area contributed by atoms with E-state index in [1.54, 1.807) is 18.4 Å². The van der Waals surface area contributed by atoms with Crippen LogP contribution in [-0.4, -0.2) is 58.7 Å². The Labute approximate surface area is 141 Å². The molecule has 1 atom stereocenters. The predicted octanol–water partition coefficient (Wildman–Crippen LogP) is 2.37. The van der Waals surface area contributed by atoms with Crippen LogP contribution in [0.25, 0.3) is 11.5 Å². The minimum absolute atomic E-state index is 0.223. The summed E-state index contributed by atoms with van der Waals surface area (Å²) in [7, 11) is 0. The Hall–Kier alpha value is -1.76. The molecule has 1 aromatic carbocycles. The first-order valence-corrected chi connectivity index (χ1v) is 8.47. The number of aliphatic hydroxyl groups is 1. The number of oxazole rings is 1. The first kappa shape index (κ1) is 17.1. The van der Waals surface area contributed by atoms with E-state index in [-0.39, 0.29) is 18.5 Å². The van der Waals surface area contributed by atoms with Crippen molar-refractivity contribution in [1.82, 2.24) is 14.8 Å². The first-order chi connectivity index (χ1) is 11.7. The highest BCUT2D eigenvalue weighted by atomic mass is 19.1. The van der Waals surface area contributed by atoms with E-state index in [0.717, 1.165) is 50.4 Å². The van der Waals surface area contributed by atoms with E-state index < -0.39 is 0 Å². The smallest absolute Gasteiger partial charge is 0.226 e. The SMILES string of the molecule is CCC(CO)N1CCN(Cc2coc(-c3ccc(F)cc3)n2)CC1. The standard InChI is InChI=1S/C18H24FN3O2/c1-2-17(12-23)22-9-7-21(8-10-22)11-16-13-24-18(20-16)14-3-5-15(19)6-4-14/h3-6,13,17,23H,2,7-12H2,1H3. The third kappa shape index (κ3) is 4.01. The van der Waals surface area contributed by atoms with Gasteiger partial charge in [0.2, 0.25) is 5.89 Å². The molecule has 0 bridgehead atoms. The number of halogens is 1. The maximum absolute atomic E-state index is 13.0. The van der Waals surface area contributed by atoms with Gasteiger partial charge in [0.15, 0.2) is 0 Å². The van der Waals surface area contributed by atoms with E-state index in [9.17, 15) is 9.50 Å². The third-order valence-corrected chi connectivity index (χ3v) is 4.63. The molecule has 1 fully saturated rings. The highest BCUT2D eigenvalue weighted by Crippen LogP contribution is 2.20. The molecule has 6 heteroatoms. The average Bonchev–Trinajstić information content (AvgIpc) is 3.06. The maximum Gasteiger partial charge on any atom is 0.226 e. The third-order valence-electron chi connectivity index (χ3n) is 4.63. The van der Waals surface area contributed by atoms with Crippen LogP contribution in [-0.2, 0) is 6.54 Å². The van der Waals surface area contributed by atoms with Crippen molar-refractivity contribution in [3.05, 3.63) is 42.0 Å². The van der Waals surface area contributed by atoms with Crippen molar-refractivity contribution in [3.8, 4) is 11.5 Å². The van der Waals surface area contributed by atoms with Crippen LogP contribution in [0, 0.1) is 5.82 Å². The van der Waals surface area contributed by atoms with E-state index in [0.29, 0.717) is 5.89 Å². The quantitative estimate of drug-likeness (QED) is 0.879. The van der Waals surface area contributed by atoms with Gasteiger partial charge < -0.3 is 9.52 Å². The van der Waals surface area contributed by atoms with Crippen LogP contribution in [0.3, 0.4) is 0 Å². The van der Waals surface area contributed by atoms with Gasteiger partial charge in [0, 0.05) is 44.3 Å². The summed E-state index contributed by atoms with van der Waals surface area (Å²) in [6, 6.07) is 6.42. The summed E-state index contributed by atoms with van der Waals surface area (Å²) < 4.78 is 18.5. The van der Waals surface area contributed by atoms with Crippen molar-refractivity contribution < 1.29 is 13.9 Å². The molecule has 1 saturated heterocycles. The van der Waals surface area contributed by atoms with Crippen LogP contribution in [0.4, 0.5) is 4.39 Å². The molecular weight excluding hydrogens is 309 g/mol. The van der Waals surface area contributed by atoms with Gasteiger partial charge in [0.05, 0.1) is 12.3 Å². The molecular formula is C18H24FN3O2. The Morgan fingerprint density at radius 2 is 1.92 bits per heavy atom. The second-order valence-electron chi connectivity index (χ2n) is 6.21. The zero-order valence-electron chi connectivity index (χ0n) is 14.0. The molecule has 1 aliphatic rings. The van der Waals surface area contributed by atoms with Gasteiger partial charge in [0.25, 0.3) is 0 Å². The van der Waals surface area contributed by atoms with E-state index in [1.807, 2.05) is 0 Å². The molecule has 24 heavy (non-hydrogen) atoms. The number of rotatable bonds is 6. The summed E-state index contributed by atoms with van der Waals surface area (Å²) >= 11 is 0. The van der Waals surface area contributed by atoms with Crippen LogP contribution in [0.2, 0.25) is 0 Å². The molecule has 130 valence electrons. The summed E-state index contributed by atoms with van der Waals surface area (Å²) in [4.78, 5) is 9.20. The van der Waals surface area contributed by atoms with Gasteiger partial charge >= 0.3 is 0 Å². The molecule has 5 nitrogen and oxygen atoms in total. The topological polar surface area (TPSA) is 52.7 Å². The molecule has 2 aromatic rings. The van der Waals surface area contributed by atoms with E-state index in [1.165, 1.54) is 12.1 Å². The van der Waals surface area contributed by atoms with Crippen molar-refractivity contribution in [3.63, 3.8) is 0 Å². The molecule has 3 rings (SSSR count). The first-order valence-electron chi connectivity index (χ1n) is 8.47. The van der Waals surface area contributed by atoms with Gasteiger partial charge in [-0.2, -0.15) is 0 Å². The Morgan fingerprint density at radius 1 is 1.21 bits per heavy atom. The number of hydrogen-bond donors (Lipinski definition) is 1. The van der Waals surface area contributed by atoms with Gasteiger partial charge in [-0.3, -0.25) is 9.80 Å². The molecule has 1 aliphatic heterocycles. The largest absolute Gasteiger partial charge is 0.444 e. The van der Waals surface area contributed by atoms with Crippen molar-refractivity contribution in [2.45, 2.75) is 25.9 Å². The highest BCUT2D eigenvalue weighted by Gasteiger charge is 2.22. The fourth-order valence-corrected chi connectivity index (χ4v) is 3.12. The molecule has 2 heterocycles. The fraction of sp³-hybridized carbons (Fsp3) is 0.500. The normalized spacial score (nSPS) is 18.0. The van der Waals surface area contributed by atoms with Gasteiger partial charge in [-0.05, 0) is 30.7 Å². The number of aromatic nitrogens is 1. The van der Waals surface area contributed by atoms with E-state index in [2.05, 4.69) is 21.7 Å². The van der Waals surface area contributed by atoms with Crippen LogP contribution in [0.5, 0.6) is 0 Å². The molecule has 1 unspecified atom stereocenters. The molecule has 1 aromatic heterocycles. The Kier molecular flexibility index (Phi) is 5.60. The minimum atomic E-state index is -0.267. The predicted molar refractivity (Wildman–Crippen MR) is 89.9 cm³/mol. The van der Waals surface area contributed by atoms with Gasteiger partial charge in [-0.15, -0.1) is 0 Å². The minimum Gasteiger partial charge on any atom is -0.444 e. The molecule has 0 saturated carbocycles. The summed E-state index contributed by atoms with van der Waals surface area (Å²) in [6.45, 7) is 6.91. The van der Waals surface area contributed by atoms with Crippen LogP contribution >= 0.6 is 0 Å². The van der Waals surface area contributed by atoms with E-state index in [4.69, 9.17) is 4.42 Å². The van der Waals surface area contributed by atoms with Crippen LogP contribution in [0.15, 0.2) is 34.9 Å². The monoisotopic (exact) mass is 333 g/mol. The lowest BCUT2D eigenvalue weighted by molar-refractivity contribution is 0.0603. The van der Waals surface area contributed by atoms with Crippen molar-refractivity contribution in [1.29, 1.82) is 0 Å². The van der Waals surface area contributed by atoms with Gasteiger partial charge in [0.1, 0.15) is 12.1 Å². The van der Waals surface area contributed by atoms with E-state index >= 15 is 0 Å². The highest BCUT2D eigenvalue weighted by molar-refractivity contribution is 5.52. The van der Waals surface area contributed by atoms with Crippen molar-refractivity contribution in [2.24, 2.45) is 0 Å². The zero-order valence-corrected chi connectivity index (χ0v) is 14.0. The Morgan fingerprint density at radius 3 is 2.54 bits per heavy atom. The van der Waals surface area contributed by atoms with Crippen LogP contribution in [0.1, 0.15) is 19.0 Å². The number of hydrogen-bond acceptors (Lipinski definition) is 5. The molecule has 0 spiro atoms. The van der Waals surface area contributed by atoms with Gasteiger partial charge in [-0.25, -0.2) is 9.37 Å². The molecule has 0 amide bonds. The number of nitrogens with zero attached hydrogens (tertiary/aromatic N) is 3. The van der Waals surface area contributed by atoms with Crippen LogP contribution < -0.4 is 0 Å². The number of aliphatic hydroxyl groups excluding tert-OH is 1. The summed E-state index contributed by atoms with van der Waals surface area (Å²) in [6.07, 6.45) is 2.65. The average molecular weight is 333 g/mol. The maximum atomic E-state index is 13.0. The fourth-order valence-electron chi connectivity index (χ4n) is 3.12. The number of piperazine rings is 1. The second-order valence-corrected chi connectivity index (χ2v) is 6.21. The summed E-state index contributed by atoms with van der Waals surface area (Å²) in [5, 5.41) is 9.41. The summed E-state index contributed by atoms with van der Waals surface area (Å²) in [5.41, 5.74) is 1.66. The molecule has 0 aliphatic carbocycles. The number of benzene rings is 1. The lowest BCUT2D eigenvalue weighted by Gasteiger charge is -2.38. The van der Waals surface area contributed by atoms with Crippen molar-refractivity contribution >= 4 is 0 Å². The Bertz CT molecular complexity index is 632. The molecule has 0 radical (unpaired) electrons. The van der Waals surface area contributed by atoms with Gasteiger partial charge in [-0.1, -0.05) is 6.92 Å². The molecule has 1 N–H and O–H groups in total. The zero-order chi connectivity index (χ0) is 16.9.